The maximum Gasteiger partial charge on any atom is 0.267 e. The predicted molar refractivity (Wildman–Crippen MR) is 115 cm³/mol. The van der Waals surface area contributed by atoms with Gasteiger partial charge in [-0.15, -0.1) is 21.5 Å². The van der Waals surface area contributed by atoms with Crippen LogP contribution in [0.4, 0.5) is 5.69 Å². The highest BCUT2D eigenvalue weighted by Crippen LogP contribution is 2.37. The van der Waals surface area contributed by atoms with Crippen LogP contribution >= 0.6 is 34.3 Å². The summed E-state index contributed by atoms with van der Waals surface area (Å²) in [6.07, 6.45) is 1.55. The molecular formula is C19H12ClN5O2S2. The van der Waals surface area contributed by atoms with Crippen LogP contribution in [0.25, 0.3) is 25.6 Å². The lowest BCUT2D eigenvalue weighted by atomic mass is 10.2. The second kappa shape index (κ2) is 7.11. The van der Waals surface area contributed by atoms with Crippen molar-refractivity contribution in [2.45, 2.75) is 0 Å². The van der Waals surface area contributed by atoms with Gasteiger partial charge in [0.05, 0.1) is 17.8 Å². The molecule has 0 unspecified atom stereocenters. The van der Waals surface area contributed by atoms with Crippen molar-refractivity contribution in [1.82, 2.24) is 19.8 Å². The number of benzene rings is 2. The number of carbonyl (C=O) groups excluding carboxylic acids is 1. The number of rotatable bonds is 4. The number of hydrogen-bond donors (Lipinski definition) is 1. The highest BCUT2D eigenvalue weighted by Gasteiger charge is 2.19. The number of nitrogens with zero attached hydrogens (tertiary/aromatic N) is 4. The highest BCUT2D eigenvalue weighted by molar-refractivity contribution is 7.21. The van der Waals surface area contributed by atoms with Gasteiger partial charge in [0, 0.05) is 15.6 Å². The quantitative estimate of drug-likeness (QED) is 0.425. The van der Waals surface area contributed by atoms with E-state index in [-0.39, 0.29) is 5.91 Å². The maximum absolute atomic E-state index is 12.9. The van der Waals surface area contributed by atoms with Crippen LogP contribution in [-0.2, 0) is 0 Å². The Hall–Kier alpha value is -3.01. The summed E-state index contributed by atoms with van der Waals surface area (Å²) in [6.45, 7) is 0. The van der Waals surface area contributed by atoms with Crippen molar-refractivity contribution >= 4 is 60.9 Å². The summed E-state index contributed by atoms with van der Waals surface area (Å²) in [5.41, 5.74) is 1.37. The van der Waals surface area contributed by atoms with Gasteiger partial charge in [-0.1, -0.05) is 41.1 Å². The van der Waals surface area contributed by atoms with Crippen LogP contribution in [-0.4, -0.2) is 32.8 Å². The number of hydrogen-bond acceptors (Lipinski definition) is 7. The fraction of sp³-hybridized carbons (Fsp3) is 0.0526. The molecule has 0 saturated carbocycles. The van der Waals surface area contributed by atoms with E-state index in [9.17, 15) is 4.79 Å². The van der Waals surface area contributed by atoms with Crippen molar-refractivity contribution in [2.75, 3.05) is 12.4 Å². The zero-order chi connectivity index (χ0) is 20.0. The Morgan fingerprint density at radius 2 is 2.07 bits per heavy atom. The number of carbonyl (C=O) groups is 1. The Morgan fingerprint density at radius 1 is 1.21 bits per heavy atom. The topological polar surface area (TPSA) is 81.4 Å². The number of amides is 1. The van der Waals surface area contributed by atoms with E-state index >= 15 is 0 Å². The van der Waals surface area contributed by atoms with Gasteiger partial charge >= 0.3 is 0 Å². The van der Waals surface area contributed by atoms with E-state index in [1.54, 1.807) is 24.0 Å². The van der Waals surface area contributed by atoms with Crippen LogP contribution in [0.1, 0.15) is 9.67 Å². The number of thiophene rings is 1. The molecule has 3 aromatic heterocycles. The van der Waals surface area contributed by atoms with Crippen LogP contribution < -0.4 is 10.1 Å². The molecule has 10 heteroatoms. The molecule has 0 aliphatic carbocycles. The lowest BCUT2D eigenvalue weighted by Crippen LogP contribution is -2.11. The first-order chi connectivity index (χ1) is 14.1. The summed E-state index contributed by atoms with van der Waals surface area (Å²) in [5.74, 6) is 0.257. The Bertz CT molecular complexity index is 1350. The van der Waals surface area contributed by atoms with Gasteiger partial charge in [-0.05, 0) is 24.3 Å². The number of halogens is 1. The molecule has 0 saturated heterocycles. The van der Waals surface area contributed by atoms with Crippen LogP contribution in [0.5, 0.6) is 5.75 Å². The van der Waals surface area contributed by atoms with E-state index in [2.05, 4.69) is 20.6 Å². The standard InChI is InChI=1S/C19H12ClN5O2S2/c1-27-13-7-6-10(18-24-25-9-21-23-19(25)29-18)8-12(13)22-17(26)16-15(20)11-4-2-3-5-14(11)28-16/h2-9H,1H3,(H,22,26). The first-order valence-electron chi connectivity index (χ1n) is 8.47. The first kappa shape index (κ1) is 18.0. The molecule has 0 bridgehead atoms. The molecule has 5 aromatic rings. The van der Waals surface area contributed by atoms with Crippen LogP contribution in [0.15, 0.2) is 48.8 Å². The molecule has 0 fully saturated rings. The normalized spacial score (nSPS) is 11.2. The van der Waals surface area contributed by atoms with E-state index in [4.69, 9.17) is 16.3 Å². The predicted octanol–water partition coefficient (Wildman–Crippen LogP) is 4.98. The fourth-order valence-electron chi connectivity index (χ4n) is 2.95. The van der Waals surface area contributed by atoms with E-state index in [0.29, 0.717) is 26.3 Å². The Labute approximate surface area is 177 Å². The monoisotopic (exact) mass is 441 g/mol. The molecule has 1 amide bonds. The largest absolute Gasteiger partial charge is 0.495 e. The van der Waals surface area contributed by atoms with Crippen molar-refractivity contribution in [3.8, 4) is 16.3 Å². The van der Waals surface area contributed by atoms with Crippen LogP contribution in [0, 0.1) is 0 Å². The van der Waals surface area contributed by atoms with Gasteiger partial charge in [-0.25, -0.2) is 0 Å². The lowest BCUT2D eigenvalue weighted by Gasteiger charge is -2.11. The Kier molecular flexibility index (Phi) is 4.42. The third-order valence-corrected chi connectivity index (χ3v) is 6.96. The molecular weight excluding hydrogens is 430 g/mol. The summed E-state index contributed by atoms with van der Waals surface area (Å²) in [5, 5.41) is 17.3. The molecule has 2 aromatic carbocycles. The minimum Gasteiger partial charge on any atom is -0.495 e. The van der Waals surface area contributed by atoms with E-state index < -0.39 is 0 Å². The van der Waals surface area contributed by atoms with E-state index in [0.717, 1.165) is 20.7 Å². The van der Waals surface area contributed by atoms with Gasteiger partial charge in [-0.3, -0.25) is 4.79 Å². The van der Waals surface area contributed by atoms with Gasteiger partial charge in [0.2, 0.25) is 4.96 Å². The van der Waals surface area contributed by atoms with Crippen LogP contribution in [0.3, 0.4) is 0 Å². The van der Waals surface area contributed by atoms with Crippen LogP contribution in [0.2, 0.25) is 5.02 Å². The minimum atomic E-state index is -0.287. The molecule has 0 atom stereocenters. The summed E-state index contributed by atoms with van der Waals surface area (Å²) in [7, 11) is 1.56. The van der Waals surface area contributed by atoms with Crippen molar-refractivity contribution in [3.05, 3.63) is 58.7 Å². The molecule has 29 heavy (non-hydrogen) atoms. The maximum atomic E-state index is 12.9. The molecule has 144 valence electrons. The highest BCUT2D eigenvalue weighted by atomic mass is 35.5. The molecule has 0 aliphatic heterocycles. The molecule has 3 heterocycles. The molecule has 0 radical (unpaired) electrons. The van der Waals surface area contributed by atoms with Crippen molar-refractivity contribution in [3.63, 3.8) is 0 Å². The zero-order valence-corrected chi connectivity index (χ0v) is 17.3. The number of fused-ring (bicyclic) bond motifs is 2. The number of ether oxygens (including phenoxy) is 1. The molecule has 7 nitrogen and oxygen atoms in total. The third kappa shape index (κ3) is 3.13. The fourth-order valence-corrected chi connectivity index (χ4v) is 5.18. The summed E-state index contributed by atoms with van der Waals surface area (Å²) < 4.78 is 7.99. The van der Waals surface area contributed by atoms with Gasteiger partial charge in [-0.2, -0.15) is 9.61 Å². The summed E-state index contributed by atoms with van der Waals surface area (Å²) >= 11 is 9.21. The third-order valence-electron chi connectivity index (χ3n) is 4.32. The average molecular weight is 442 g/mol. The Balaban J connectivity index is 1.51. The van der Waals surface area contributed by atoms with Gasteiger partial charge in [0.1, 0.15) is 22.0 Å². The molecule has 0 aliphatic rings. The zero-order valence-electron chi connectivity index (χ0n) is 14.9. The number of methoxy groups -OCH3 is 1. The molecule has 5 rings (SSSR count). The van der Waals surface area contributed by atoms with Gasteiger partial charge in [0.15, 0.2) is 0 Å². The van der Waals surface area contributed by atoms with E-state index in [1.807, 2.05) is 36.4 Å². The van der Waals surface area contributed by atoms with Gasteiger partial charge < -0.3 is 10.1 Å². The SMILES string of the molecule is COc1ccc(-c2nn3cnnc3s2)cc1NC(=O)c1sc2ccccc2c1Cl. The lowest BCUT2D eigenvalue weighted by molar-refractivity contribution is 0.103. The smallest absolute Gasteiger partial charge is 0.267 e. The Morgan fingerprint density at radius 3 is 2.86 bits per heavy atom. The second-order valence-corrected chi connectivity index (χ2v) is 8.46. The van der Waals surface area contributed by atoms with Gasteiger partial charge in [0.25, 0.3) is 5.91 Å². The van der Waals surface area contributed by atoms with E-state index in [1.165, 1.54) is 22.7 Å². The van der Waals surface area contributed by atoms with Crippen molar-refractivity contribution in [2.24, 2.45) is 0 Å². The summed E-state index contributed by atoms with van der Waals surface area (Å²) in [4.78, 5) is 14.1. The number of nitrogens with one attached hydrogen (secondary N) is 1. The minimum absolute atomic E-state index is 0.287. The molecule has 1 N–H and O–H groups in total. The second-order valence-electron chi connectivity index (χ2n) is 6.08. The van der Waals surface area contributed by atoms with Crippen molar-refractivity contribution < 1.29 is 9.53 Å². The first-order valence-corrected chi connectivity index (χ1v) is 10.5. The molecule has 0 spiro atoms. The number of aromatic nitrogens is 4. The number of anilines is 1. The summed E-state index contributed by atoms with van der Waals surface area (Å²) in [6, 6.07) is 13.2. The van der Waals surface area contributed by atoms with Crippen molar-refractivity contribution in [1.29, 1.82) is 0 Å². The average Bonchev–Trinajstić information content (AvgIpc) is 3.42.